The van der Waals surface area contributed by atoms with E-state index in [0.717, 1.165) is 13.0 Å². The van der Waals surface area contributed by atoms with Crippen LogP contribution in [0, 0.1) is 5.92 Å². The molecule has 4 atom stereocenters. The third-order valence-corrected chi connectivity index (χ3v) is 7.28. The van der Waals surface area contributed by atoms with Crippen molar-refractivity contribution >= 4 is 65.1 Å². The van der Waals surface area contributed by atoms with Crippen LogP contribution in [-0.4, -0.2) is 130 Å². The van der Waals surface area contributed by atoms with Gasteiger partial charge in [-0.25, -0.2) is 0 Å². The summed E-state index contributed by atoms with van der Waals surface area (Å²) in [5.41, 5.74) is 42.5. The Morgan fingerprint density at radius 3 is 1.63 bits per heavy atom. The highest BCUT2D eigenvalue weighted by Gasteiger charge is 2.28. The molecule has 0 aromatic rings. The summed E-state index contributed by atoms with van der Waals surface area (Å²) in [4.78, 5) is 82.5. The van der Waals surface area contributed by atoms with Gasteiger partial charge in [0.25, 0.3) is 0 Å². The third-order valence-electron chi connectivity index (χ3n) is 6.84. The van der Waals surface area contributed by atoms with E-state index in [0.29, 0.717) is 31.7 Å². The summed E-state index contributed by atoms with van der Waals surface area (Å²) in [6.07, 6.45) is 4.38. The largest absolute Gasteiger partial charge is 0.381 e. The first-order chi connectivity index (χ1) is 25.4. The molecule has 1 heterocycles. The topological polar surface area (TPSA) is 417 Å². The van der Waals surface area contributed by atoms with Gasteiger partial charge in [-0.15, -0.1) is 11.8 Å². The first-order valence-corrected chi connectivity index (χ1v) is 18.5. The van der Waals surface area contributed by atoms with Crippen LogP contribution >= 0.6 is 11.8 Å². The monoisotopic (exact) mass is 790 g/mol. The summed E-state index contributed by atoms with van der Waals surface area (Å²) in [7, 11) is 1.65. The third kappa shape index (κ3) is 29.5. The maximum atomic E-state index is 13.3. The average Bonchev–Trinajstić information content (AvgIpc) is 3.65. The lowest BCUT2D eigenvalue weighted by Crippen LogP contribution is -2.56. The van der Waals surface area contributed by atoms with Crippen molar-refractivity contribution in [2.24, 2.45) is 66.8 Å². The molecule has 0 saturated carbocycles. The Balaban J connectivity index is 0. The number of hydrogen-bond donors (Lipinski definition) is 13. The van der Waals surface area contributed by atoms with Crippen LogP contribution in [0.5, 0.6) is 0 Å². The summed E-state index contributed by atoms with van der Waals surface area (Å²) in [5.74, 6) is -2.23. The van der Waals surface area contributed by atoms with Gasteiger partial charge in [-0.05, 0) is 51.2 Å². The summed E-state index contributed by atoms with van der Waals surface area (Å²) < 4.78 is 5.02. The molecule has 21 N–H and O–H groups in total. The van der Waals surface area contributed by atoms with Crippen LogP contribution in [0.25, 0.3) is 0 Å². The fourth-order valence-electron chi connectivity index (χ4n) is 4.20. The lowest BCUT2D eigenvalue weighted by atomic mass is 10.1. The normalized spacial score (nSPS) is 14.3. The smallest absolute Gasteiger partial charge is 0.243 e. The molecule has 1 saturated heterocycles. The van der Waals surface area contributed by atoms with E-state index in [-0.39, 0.29) is 81.1 Å². The minimum Gasteiger partial charge on any atom is -0.381 e. The van der Waals surface area contributed by atoms with Gasteiger partial charge in [0.05, 0.1) is 31.0 Å². The maximum Gasteiger partial charge on any atom is 0.243 e. The van der Waals surface area contributed by atoms with E-state index in [1.54, 1.807) is 7.05 Å². The van der Waals surface area contributed by atoms with Crippen molar-refractivity contribution in [1.82, 2.24) is 26.6 Å². The number of primary amides is 1. The Hall–Kier alpha value is -5.10. The number of carbonyl (C=O) groups excluding carboxylic acids is 6. The number of guanidine groups is 3. The summed E-state index contributed by atoms with van der Waals surface area (Å²) in [5, 5.41) is 13.0. The zero-order valence-electron chi connectivity index (χ0n) is 31.4. The second kappa shape index (κ2) is 31.4. The van der Waals surface area contributed by atoms with Crippen molar-refractivity contribution in [2.75, 3.05) is 58.6 Å². The molecular weight excluding hydrogens is 729 g/mol. The van der Waals surface area contributed by atoms with Gasteiger partial charge >= 0.3 is 0 Å². The summed E-state index contributed by atoms with van der Waals surface area (Å²) in [6, 6.07) is -3.04. The van der Waals surface area contributed by atoms with E-state index in [1.165, 1.54) is 18.7 Å². The minimum absolute atomic E-state index is 0.0713. The van der Waals surface area contributed by atoms with Crippen molar-refractivity contribution in [3.05, 3.63) is 0 Å². The molecule has 54 heavy (non-hydrogen) atoms. The van der Waals surface area contributed by atoms with E-state index in [2.05, 4.69) is 47.3 Å². The zero-order chi connectivity index (χ0) is 41.5. The molecule has 0 unspecified atom stereocenters. The minimum atomic E-state index is -1.06. The Kier molecular flexibility index (Phi) is 29.7. The zero-order valence-corrected chi connectivity index (χ0v) is 32.3. The predicted octanol–water partition coefficient (Wildman–Crippen LogP) is -5.74. The first-order valence-electron chi connectivity index (χ1n) is 17.1. The number of nitrogens with two attached hydrogens (primary N) is 8. The number of amides is 6. The van der Waals surface area contributed by atoms with Crippen molar-refractivity contribution in [1.29, 1.82) is 0 Å². The highest BCUT2D eigenvalue weighted by molar-refractivity contribution is 7.98. The van der Waals surface area contributed by atoms with Gasteiger partial charge in [0.15, 0.2) is 17.9 Å². The van der Waals surface area contributed by atoms with Crippen molar-refractivity contribution < 1.29 is 33.5 Å². The molecule has 1 aliphatic rings. The molecule has 0 spiro atoms. The number of aliphatic imine (C=N–C) groups is 3. The molecule has 310 valence electrons. The van der Waals surface area contributed by atoms with Crippen LogP contribution in [0.15, 0.2) is 15.0 Å². The number of ether oxygens (including phenoxy) is 1. The van der Waals surface area contributed by atoms with E-state index >= 15 is 0 Å². The van der Waals surface area contributed by atoms with Crippen LogP contribution in [0.2, 0.25) is 0 Å². The number of nitrogens with zero attached hydrogens (tertiary/aromatic N) is 3. The molecule has 0 radical (unpaired) electrons. The molecule has 1 aliphatic heterocycles. The molecule has 6 amide bonds. The molecule has 0 bridgehead atoms. The Morgan fingerprint density at radius 2 is 1.20 bits per heavy atom. The van der Waals surface area contributed by atoms with Gasteiger partial charge in [0, 0.05) is 40.2 Å². The molecule has 1 fully saturated rings. The number of nitrogens with one attached hydrogen (secondary N) is 5. The van der Waals surface area contributed by atoms with Crippen LogP contribution < -0.4 is 72.5 Å². The van der Waals surface area contributed by atoms with Crippen molar-refractivity contribution in [3.8, 4) is 0 Å². The standard InChI is InChI=1S/C22H46N14O4S.C6H11NO2.C2H5NO/c1-41-12-34-16(37)11-33-18(39)14(6-3-9-31-21(26)27)36-19(40)15(7-4-10-32-22(28)29)35-17(38)13(23)5-2-8-30-20(24)25;1-7-6(8)5-2-3-9-4-5;1-2(3)4/h13-15H,2-12,23H2,1H3,(H,33,39)(H,34,37)(H,35,38)(H,36,40)(H4,24,25,30)(H4,26,27,31)(H4,28,29,32);5H,2-4H2,1H3,(H,7,8);1H3,(H2,3,4)/t13-,14-,15-;5-;/m01./s1. The SMILES string of the molecule is CC(N)=O.CNC(=O)[C@@H]1CCOC1.CSCNC(=O)CNC(=O)[C@H](CCCN=C(N)N)NC(=O)[C@H](CCCN=C(N)N)NC(=O)[C@@H](N)CCCN=C(N)N. The molecule has 23 nitrogen and oxygen atoms in total. The number of carbonyl (C=O) groups is 6. The molecular formula is C30H62N16O7S. The lowest BCUT2D eigenvalue weighted by Gasteiger charge is -2.24. The molecule has 0 aromatic carbocycles. The lowest BCUT2D eigenvalue weighted by molar-refractivity contribution is -0.133. The van der Waals surface area contributed by atoms with Gasteiger partial charge < -0.3 is 77.2 Å². The fourth-order valence-corrected chi connectivity index (χ4v) is 4.50. The van der Waals surface area contributed by atoms with Crippen LogP contribution in [-0.2, 0) is 33.5 Å². The van der Waals surface area contributed by atoms with Crippen LogP contribution in [0.1, 0.15) is 51.9 Å². The number of thioether (sulfide) groups is 1. The van der Waals surface area contributed by atoms with Crippen molar-refractivity contribution in [2.45, 2.75) is 70.0 Å². The fraction of sp³-hybridized carbons (Fsp3) is 0.700. The van der Waals surface area contributed by atoms with Crippen LogP contribution in [0.4, 0.5) is 0 Å². The van der Waals surface area contributed by atoms with E-state index in [4.69, 9.17) is 44.9 Å². The molecule has 0 aliphatic carbocycles. The highest BCUT2D eigenvalue weighted by Crippen LogP contribution is 2.11. The van der Waals surface area contributed by atoms with Crippen LogP contribution in [0.3, 0.4) is 0 Å². The summed E-state index contributed by atoms with van der Waals surface area (Å²) in [6.45, 7) is 3.06. The van der Waals surface area contributed by atoms with Gasteiger partial charge in [0.2, 0.25) is 35.4 Å². The van der Waals surface area contributed by atoms with Gasteiger partial charge in [0.1, 0.15) is 12.1 Å². The predicted molar refractivity (Wildman–Crippen MR) is 209 cm³/mol. The van der Waals surface area contributed by atoms with E-state index in [1.807, 2.05) is 6.26 Å². The van der Waals surface area contributed by atoms with E-state index < -0.39 is 41.8 Å². The Morgan fingerprint density at radius 1 is 0.741 bits per heavy atom. The van der Waals surface area contributed by atoms with Gasteiger partial charge in [-0.3, -0.25) is 43.7 Å². The molecule has 1 rings (SSSR count). The van der Waals surface area contributed by atoms with Crippen molar-refractivity contribution in [3.63, 3.8) is 0 Å². The van der Waals surface area contributed by atoms with Gasteiger partial charge in [-0.2, -0.15) is 0 Å². The first kappa shape index (κ1) is 51.0. The molecule has 0 aromatic heterocycles. The number of hydrogen-bond acceptors (Lipinski definition) is 12. The average molecular weight is 791 g/mol. The quantitative estimate of drug-likeness (QED) is 0.0210. The second-order valence-corrected chi connectivity index (χ2v) is 12.5. The molecule has 24 heteroatoms. The maximum absolute atomic E-state index is 13.3. The highest BCUT2D eigenvalue weighted by atomic mass is 32.2. The van der Waals surface area contributed by atoms with Gasteiger partial charge in [-0.1, -0.05) is 0 Å². The second-order valence-electron chi connectivity index (χ2n) is 11.6. The van der Waals surface area contributed by atoms with E-state index in [9.17, 15) is 28.8 Å². The Bertz CT molecular complexity index is 1230. The Labute approximate surface area is 320 Å². The number of rotatable bonds is 22. The summed E-state index contributed by atoms with van der Waals surface area (Å²) >= 11 is 1.41.